The second kappa shape index (κ2) is 17.7. The van der Waals surface area contributed by atoms with Crippen LogP contribution < -0.4 is 4.74 Å². The van der Waals surface area contributed by atoms with Crippen LogP contribution in [-0.4, -0.2) is 15.9 Å². The third kappa shape index (κ3) is 11.1. The zero-order valence-electron chi connectivity index (χ0n) is 25.3. The summed E-state index contributed by atoms with van der Waals surface area (Å²) in [4.78, 5) is 21.5. The Balaban J connectivity index is 1.13. The molecule has 2 aromatic carbocycles. The van der Waals surface area contributed by atoms with E-state index in [4.69, 9.17) is 4.74 Å². The van der Waals surface area contributed by atoms with E-state index >= 15 is 0 Å². The van der Waals surface area contributed by atoms with E-state index in [2.05, 4.69) is 41.2 Å². The number of esters is 1. The number of aryl methyl sites for hydroxylation is 1. The molecule has 0 bridgehead atoms. The minimum atomic E-state index is -0.133. The third-order valence-electron chi connectivity index (χ3n) is 8.55. The molecule has 1 heterocycles. The van der Waals surface area contributed by atoms with Gasteiger partial charge in [-0.3, -0.25) is 4.79 Å². The molecule has 0 N–H and O–H groups in total. The molecule has 0 spiro atoms. The van der Waals surface area contributed by atoms with Crippen LogP contribution in [0.5, 0.6) is 5.75 Å². The van der Waals surface area contributed by atoms with Crippen molar-refractivity contribution in [2.24, 2.45) is 5.92 Å². The summed E-state index contributed by atoms with van der Waals surface area (Å²) in [6.45, 7) is 2.25. The number of nitrogens with zero attached hydrogens (tertiary/aromatic N) is 2. The van der Waals surface area contributed by atoms with Crippen LogP contribution in [0.4, 0.5) is 0 Å². The van der Waals surface area contributed by atoms with Crippen molar-refractivity contribution in [3.8, 4) is 28.3 Å². The molecule has 220 valence electrons. The summed E-state index contributed by atoms with van der Waals surface area (Å²) < 4.78 is 5.58. The van der Waals surface area contributed by atoms with E-state index in [0.29, 0.717) is 12.2 Å². The van der Waals surface area contributed by atoms with Gasteiger partial charge in [-0.2, -0.15) is 0 Å². The number of unbranched alkanes of at least 4 members (excludes halogenated alkanes) is 9. The zero-order chi connectivity index (χ0) is 28.5. The molecule has 3 aromatic rings. The lowest BCUT2D eigenvalue weighted by Crippen LogP contribution is -2.07. The van der Waals surface area contributed by atoms with Gasteiger partial charge in [0.15, 0.2) is 5.82 Å². The summed E-state index contributed by atoms with van der Waals surface area (Å²) in [5.74, 6) is 2.25. The quantitative estimate of drug-likeness (QED) is 0.0891. The van der Waals surface area contributed by atoms with Crippen molar-refractivity contribution >= 4 is 5.97 Å². The molecule has 0 aliphatic heterocycles. The second-order valence-electron chi connectivity index (χ2n) is 12.0. The van der Waals surface area contributed by atoms with Crippen molar-refractivity contribution in [1.82, 2.24) is 9.97 Å². The molecule has 1 aromatic heterocycles. The summed E-state index contributed by atoms with van der Waals surface area (Å²) in [5, 5.41) is 0. The fourth-order valence-electron chi connectivity index (χ4n) is 5.98. The van der Waals surface area contributed by atoms with Crippen molar-refractivity contribution in [1.29, 1.82) is 0 Å². The van der Waals surface area contributed by atoms with E-state index in [1.165, 1.54) is 95.5 Å². The number of benzene rings is 2. The molecule has 1 saturated carbocycles. The molecule has 1 aliphatic carbocycles. The topological polar surface area (TPSA) is 52.1 Å². The van der Waals surface area contributed by atoms with Gasteiger partial charge >= 0.3 is 5.97 Å². The van der Waals surface area contributed by atoms with Gasteiger partial charge in [-0.15, -0.1) is 0 Å². The zero-order valence-corrected chi connectivity index (χ0v) is 25.3. The number of hydrogen-bond acceptors (Lipinski definition) is 4. The van der Waals surface area contributed by atoms with Crippen LogP contribution >= 0.6 is 0 Å². The number of carbonyl (C=O) groups excluding carboxylic acids is 1. The Labute approximate surface area is 248 Å². The first-order valence-electron chi connectivity index (χ1n) is 16.4. The van der Waals surface area contributed by atoms with Gasteiger partial charge in [0, 0.05) is 24.4 Å². The van der Waals surface area contributed by atoms with Gasteiger partial charge in [-0.05, 0) is 54.0 Å². The van der Waals surface area contributed by atoms with Gasteiger partial charge in [0.25, 0.3) is 0 Å². The molecule has 4 nitrogen and oxygen atoms in total. The minimum Gasteiger partial charge on any atom is -0.427 e. The molecule has 0 saturated heterocycles. The molecule has 1 aliphatic rings. The Hall–Kier alpha value is -3.01. The molecule has 0 atom stereocenters. The maximum absolute atomic E-state index is 12.3. The highest BCUT2D eigenvalue weighted by Gasteiger charge is 2.14. The lowest BCUT2D eigenvalue weighted by atomic mass is 9.99. The predicted molar refractivity (Wildman–Crippen MR) is 170 cm³/mol. The van der Waals surface area contributed by atoms with Crippen molar-refractivity contribution in [3.05, 3.63) is 66.5 Å². The van der Waals surface area contributed by atoms with Gasteiger partial charge in [0.05, 0.1) is 0 Å². The molecule has 0 amide bonds. The molecule has 0 unspecified atom stereocenters. The number of carbonyl (C=O) groups is 1. The average molecular weight is 555 g/mol. The monoisotopic (exact) mass is 554 g/mol. The number of ether oxygens (including phenoxy) is 1. The van der Waals surface area contributed by atoms with E-state index < -0.39 is 0 Å². The van der Waals surface area contributed by atoms with E-state index in [1.54, 1.807) is 0 Å². The summed E-state index contributed by atoms with van der Waals surface area (Å²) in [6.07, 6.45) is 26.4. The number of aromatic nitrogens is 2. The normalized spacial score (nSPS) is 13.5. The van der Waals surface area contributed by atoms with Gasteiger partial charge in [0.2, 0.25) is 0 Å². The largest absolute Gasteiger partial charge is 0.427 e. The third-order valence-corrected chi connectivity index (χ3v) is 8.55. The molecular weight excluding hydrogens is 504 g/mol. The highest BCUT2D eigenvalue weighted by Crippen LogP contribution is 2.29. The van der Waals surface area contributed by atoms with Crippen LogP contribution in [0.15, 0.2) is 60.9 Å². The fourth-order valence-corrected chi connectivity index (χ4v) is 5.98. The molecule has 4 heteroatoms. The van der Waals surface area contributed by atoms with Gasteiger partial charge < -0.3 is 4.74 Å². The van der Waals surface area contributed by atoms with Crippen LogP contribution in [0.1, 0.15) is 122 Å². The second-order valence-corrected chi connectivity index (χ2v) is 12.0. The van der Waals surface area contributed by atoms with Gasteiger partial charge in [0.1, 0.15) is 5.75 Å². The van der Waals surface area contributed by atoms with E-state index in [-0.39, 0.29) is 5.97 Å². The summed E-state index contributed by atoms with van der Waals surface area (Å²) in [6, 6.07) is 16.1. The molecule has 41 heavy (non-hydrogen) atoms. The first kappa shape index (κ1) is 30.9. The minimum absolute atomic E-state index is 0.133. The summed E-state index contributed by atoms with van der Waals surface area (Å²) in [7, 11) is 0. The highest BCUT2D eigenvalue weighted by molar-refractivity contribution is 5.73. The molecular formula is C37H50N2O2. The van der Waals surface area contributed by atoms with Crippen LogP contribution in [-0.2, 0) is 11.2 Å². The average Bonchev–Trinajstić information content (AvgIpc) is 3.53. The first-order valence-corrected chi connectivity index (χ1v) is 16.4. The maximum atomic E-state index is 12.3. The molecule has 0 radical (unpaired) electrons. The Morgan fingerprint density at radius 1 is 0.707 bits per heavy atom. The van der Waals surface area contributed by atoms with Crippen molar-refractivity contribution in [3.63, 3.8) is 0 Å². The van der Waals surface area contributed by atoms with Crippen molar-refractivity contribution in [2.75, 3.05) is 0 Å². The number of hydrogen-bond donors (Lipinski definition) is 0. The lowest BCUT2D eigenvalue weighted by Gasteiger charge is -2.08. The highest BCUT2D eigenvalue weighted by atomic mass is 16.5. The first-order chi connectivity index (χ1) is 20.2. The van der Waals surface area contributed by atoms with E-state index in [0.717, 1.165) is 47.7 Å². The lowest BCUT2D eigenvalue weighted by molar-refractivity contribution is -0.134. The summed E-state index contributed by atoms with van der Waals surface area (Å²) >= 11 is 0. The smallest absolute Gasteiger partial charge is 0.311 e. The standard InChI is InChI=1S/C37H50N2O2/c1-2-3-4-7-11-18-31-28-38-37(39-29-31)34-22-20-32(21-23-34)33-24-26-35(27-25-33)41-36(40)19-12-9-6-5-8-10-15-30-16-13-14-17-30/h20-30H,2-19H2,1H3. The number of rotatable bonds is 18. The van der Waals surface area contributed by atoms with Crippen molar-refractivity contribution < 1.29 is 9.53 Å². The van der Waals surface area contributed by atoms with Crippen LogP contribution in [0.25, 0.3) is 22.5 Å². The van der Waals surface area contributed by atoms with Crippen molar-refractivity contribution in [2.45, 2.75) is 122 Å². The van der Waals surface area contributed by atoms with Gasteiger partial charge in [-0.1, -0.05) is 133 Å². The van der Waals surface area contributed by atoms with Gasteiger partial charge in [-0.25, -0.2) is 9.97 Å². The molecule has 4 rings (SSSR count). The Morgan fingerprint density at radius 3 is 1.95 bits per heavy atom. The van der Waals surface area contributed by atoms with E-state index in [9.17, 15) is 4.79 Å². The fraction of sp³-hybridized carbons (Fsp3) is 0.541. The molecule has 1 fully saturated rings. The Kier molecular flexibility index (Phi) is 13.4. The Morgan fingerprint density at radius 2 is 1.27 bits per heavy atom. The van der Waals surface area contributed by atoms with E-state index in [1.807, 2.05) is 36.7 Å². The van der Waals surface area contributed by atoms with Crippen LogP contribution in [0.2, 0.25) is 0 Å². The Bertz CT molecular complexity index is 1130. The predicted octanol–water partition coefficient (Wildman–Crippen LogP) is 10.5. The maximum Gasteiger partial charge on any atom is 0.311 e. The SMILES string of the molecule is CCCCCCCc1cnc(-c2ccc(-c3ccc(OC(=O)CCCCCCCCC4CCCC4)cc3)cc2)nc1. The summed E-state index contributed by atoms with van der Waals surface area (Å²) in [5.41, 5.74) is 4.42. The van der Waals surface area contributed by atoms with Crippen LogP contribution in [0.3, 0.4) is 0 Å². The van der Waals surface area contributed by atoms with Crippen LogP contribution in [0, 0.1) is 5.92 Å².